The van der Waals surface area contributed by atoms with Crippen molar-refractivity contribution >= 4 is 11.9 Å². The largest absolute Gasteiger partial charge is 0.477 e. The molecular weight excluding hydrogens is 248 g/mol. The summed E-state index contributed by atoms with van der Waals surface area (Å²) in [6.45, 7) is 2.10. The SMILES string of the molecule is Cc1cccnc1CNC(=O)c1nc[nH]c1C(=O)O. The molecule has 7 nitrogen and oxygen atoms in total. The molecule has 0 saturated carbocycles. The van der Waals surface area contributed by atoms with Gasteiger partial charge in [0.2, 0.25) is 0 Å². The third-order valence-electron chi connectivity index (χ3n) is 2.60. The maximum atomic E-state index is 11.8. The molecule has 2 aromatic heterocycles. The van der Waals surface area contributed by atoms with E-state index in [1.165, 1.54) is 6.33 Å². The number of nitrogens with zero attached hydrogens (tertiary/aromatic N) is 2. The molecule has 0 aliphatic heterocycles. The first-order valence-electron chi connectivity index (χ1n) is 5.55. The van der Waals surface area contributed by atoms with Crippen LogP contribution in [0.4, 0.5) is 0 Å². The van der Waals surface area contributed by atoms with E-state index in [1.54, 1.807) is 12.3 Å². The van der Waals surface area contributed by atoms with Crippen LogP contribution >= 0.6 is 0 Å². The number of hydrogen-bond acceptors (Lipinski definition) is 4. The van der Waals surface area contributed by atoms with Gasteiger partial charge in [0.25, 0.3) is 5.91 Å². The number of carbonyl (C=O) groups is 2. The van der Waals surface area contributed by atoms with Gasteiger partial charge in [-0.25, -0.2) is 9.78 Å². The van der Waals surface area contributed by atoms with E-state index in [-0.39, 0.29) is 17.9 Å². The molecule has 0 unspecified atom stereocenters. The Morgan fingerprint density at radius 3 is 2.89 bits per heavy atom. The number of aromatic carboxylic acids is 1. The van der Waals surface area contributed by atoms with Crippen molar-refractivity contribution in [1.29, 1.82) is 0 Å². The molecular formula is C12H12N4O3. The Bertz CT molecular complexity index is 621. The first-order valence-corrected chi connectivity index (χ1v) is 5.55. The summed E-state index contributed by atoms with van der Waals surface area (Å²) in [6, 6.07) is 3.68. The fraction of sp³-hybridized carbons (Fsp3) is 0.167. The molecule has 19 heavy (non-hydrogen) atoms. The smallest absolute Gasteiger partial charge is 0.354 e. The standard InChI is InChI=1S/C12H12N4O3/c1-7-3-2-4-13-8(7)5-14-11(17)9-10(12(18)19)16-6-15-9/h2-4,6H,5H2,1H3,(H,14,17)(H,15,16)(H,18,19). The van der Waals surface area contributed by atoms with Crippen molar-refractivity contribution in [3.63, 3.8) is 0 Å². The first kappa shape index (κ1) is 12.7. The minimum atomic E-state index is -1.23. The number of hydrogen-bond donors (Lipinski definition) is 3. The Morgan fingerprint density at radius 2 is 2.21 bits per heavy atom. The van der Waals surface area contributed by atoms with E-state index in [1.807, 2.05) is 13.0 Å². The predicted molar refractivity (Wildman–Crippen MR) is 65.7 cm³/mol. The summed E-state index contributed by atoms with van der Waals surface area (Å²) in [5.74, 6) is -1.78. The minimum Gasteiger partial charge on any atom is -0.477 e. The van der Waals surface area contributed by atoms with Crippen molar-refractivity contribution in [1.82, 2.24) is 20.3 Å². The van der Waals surface area contributed by atoms with Crippen LogP contribution in [0.1, 0.15) is 32.2 Å². The highest BCUT2D eigenvalue weighted by Crippen LogP contribution is 2.05. The second-order valence-electron chi connectivity index (χ2n) is 3.88. The number of carbonyl (C=O) groups excluding carboxylic acids is 1. The van der Waals surface area contributed by atoms with E-state index in [0.717, 1.165) is 11.3 Å². The van der Waals surface area contributed by atoms with Crippen molar-refractivity contribution in [2.75, 3.05) is 0 Å². The van der Waals surface area contributed by atoms with Crippen molar-refractivity contribution in [2.45, 2.75) is 13.5 Å². The van der Waals surface area contributed by atoms with E-state index in [9.17, 15) is 9.59 Å². The molecule has 0 spiro atoms. The topological polar surface area (TPSA) is 108 Å². The van der Waals surface area contributed by atoms with E-state index in [0.29, 0.717) is 0 Å². The highest BCUT2D eigenvalue weighted by molar-refractivity contribution is 6.02. The van der Waals surface area contributed by atoms with Gasteiger partial charge in [-0.05, 0) is 18.6 Å². The number of pyridine rings is 1. The monoisotopic (exact) mass is 260 g/mol. The average Bonchev–Trinajstić information content (AvgIpc) is 2.87. The number of aromatic amines is 1. The molecule has 0 aliphatic carbocycles. The Balaban J connectivity index is 2.08. The van der Waals surface area contributed by atoms with Crippen LogP contribution in [0.15, 0.2) is 24.7 Å². The van der Waals surface area contributed by atoms with E-state index < -0.39 is 11.9 Å². The summed E-state index contributed by atoms with van der Waals surface area (Å²) < 4.78 is 0. The van der Waals surface area contributed by atoms with Gasteiger partial charge in [-0.15, -0.1) is 0 Å². The lowest BCUT2D eigenvalue weighted by Gasteiger charge is -2.05. The number of carboxylic acids is 1. The third kappa shape index (κ3) is 2.76. The van der Waals surface area contributed by atoms with E-state index in [4.69, 9.17) is 5.11 Å². The fourth-order valence-corrected chi connectivity index (χ4v) is 1.58. The maximum absolute atomic E-state index is 11.8. The van der Waals surface area contributed by atoms with Gasteiger partial charge in [-0.3, -0.25) is 9.78 Å². The highest BCUT2D eigenvalue weighted by Gasteiger charge is 2.19. The Kier molecular flexibility index (Phi) is 3.56. The lowest BCUT2D eigenvalue weighted by molar-refractivity contribution is 0.0685. The second-order valence-corrected chi connectivity index (χ2v) is 3.88. The molecule has 1 amide bonds. The van der Waals surface area contributed by atoms with Crippen LogP contribution in [0.3, 0.4) is 0 Å². The number of H-pyrrole nitrogens is 1. The van der Waals surface area contributed by atoms with Crippen LogP contribution < -0.4 is 5.32 Å². The number of aryl methyl sites for hydroxylation is 1. The summed E-state index contributed by atoms with van der Waals surface area (Å²) >= 11 is 0. The van der Waals surface area contributed by atoms with Crippen LogP contribution in [0.25, 0.3) is 0 Å². The van der Waals surface area contributed by atoms with Crippen LogP contribution in [0, 0.1) is 6.92 Å². The van der Waals surface area contributed by atoms with Crippen LogP contribution in [-0.2, 0) is 6.54 Å². The molecule has 2 rings (SSSR count). The molecule has 3 N–H and O–H groups in total. The molecule has 0 atom stereocenters. The normalized spacial score (nSPS) is 10.2. The van der Waals surface area contributed by atoms with Crippen molar-refractivity contribution in [2.24, 2.45) is 0 Å². The van der Waals surface area contributed by atoms with Gasteiger partial charge in [0, 0.05) is 6.20 Å². The molecule has 2 aromatic rings. The number of rotatable bonds is 4. The molecule has 0 bridgehead atoms. The molecule has 0 fully saturated rings. The van der Waals surface area contributed by atoms with Gasteiger partial charge in [0.1, 0.15) is 0 Å². The number of amides is 1. The second kappa shape index (κ2) is 5.30. The summed E-state index contributed by atoms with van der Waals surface area (Å²) in [4.78, 5) is 32.9. The number of nitrogens with one attached hydrogen (secondary N) is 2. The summed E-state index contributed by atoms with van der Waals surface area (Å²) in [5, 5.41) is 11.5. The van der Waals surface area contributed by atoms with E-state index >= 15 is 0 Å². The zero-order valence-corrected chi connectivity index (χ0v) is 10.2. The van der Waals surface area contributed by atoms with Gasteiger partial charge in [-0.1, -0.05) is 6.07 Å². The minimum absolute atomic E-state index is 0.138. The van der Waals surface area contributed by atoms with Gasteiger partial charge < -0.3 is 15.4 Å². The summed E-state index contributed by atoms with van der Waals surface area (Å²) in [5.41, 5.74) is 1.31. The number of aromatic nitrogens is 3. The summed E-state index contributed by atoms with van der Waals surface area (Å²) in [7, 11) is 0. The number of imidazole rings is 1. The average molecular weight is 260 g/mol. The predicted octanol–water partition coefficient (Wildman–Crippen LogP) is 0.741. The molecule has 0 saturated heterocycles. The van der Waals surface area contributed by atoms with Crippen molar-refractivity contribution in [3.8, 4) is 0 Å². The van der Waals surface area contributed by atoms with Gasteiger partial charge in [0.15, 0.2) is 11.4 Å². The number of carboxylic acid groups (broad SMARTS) is 1. The van der Waals surface area contributed by atoms with Gasteiger partial charge >= 0.3 is 5.97 Å². The lowest BCUT2D eigenvalue weighted by atomic mass is 10.2. The Morgan fingerprint density at radius 1 is 1.42 bits per heavy atom. The highest BCUT2D eigenvalue weighted by atomic mass is 16.4. The molecule has 7 heteroatoms. The van der Waals surface area contributed by atoms with Gasteiger partial charge in [0.05, 0.1) is 18.6 Å². The third-order valence-corrected chi connectivity index (χ3v) is 2.60. The molecule has 0 aliphatic rings. The van der Waals surface area contributed by atoms with Crippen molar-refractivity contribution in [3.05, 3.63) is 47.3 Å². The summed E-state index contributed by atoms with van der Waals surface area (Å²) in [6.07, 6.45) is 2.80. The van der Waals surface area contributed by atoms with Crippen LogP contribution in [-0.4, -0.2) is 31.9 Å². The van der Waals surface area contributed by atoms with Crippen LogP contribution in [0.2, 0.25) is 0 Å². The molecule has 98 valence electrons. The van der Waals surface area contributed by atoms with Crippen molar-refractivity contribution < 1.29 is 14.7 Å². The zero-order valence-electron chi connectivity index (χ0n) is 10.2. The molecule has 0 aromatic carbocycles. The van der Waals surface area contributed by atoms with Gasteiger partial charge in [-0.2, -0.15) is 0 Å². The Hall–Kier alpha value is -2.70. The molecule has 0 radical (unpaired) electrons. The zero-order chi connectivity index (χ0) is 13.8. The quantitative estimate of drug-likeness (QED) is 0.751. The lowest BCUT2D eigenvalue weighted by Crippen LogP contribution is -2.26. The van der Waals surface area contributed by atoms with Crippen LogP contribution in [0.5, 0.6) is 0 Å². The Labute approximate surface area is 108 Å². The maximum Gasteiger partial charge on any atom is 0.354 e. The fourth-order valence-electron chi connectivity index (χ4n) is 1.58. The first-order chi connectivity index (χ1) is 9.09. The molecule has 2 heterocycles. The van der Waals surface area contributed by atoms with E-state index in [2.05, 4.69) is 20.3 Å².